The fourth-order valence-electron chi connectivity index (χ4n) is 10.1. The standard InChI is InChI=1S/C27H42O4/c1-15-7-10-27(30-14-15)16(2)23-22(31-27)12-20-19-6-5-17-11-18(28)8-9-25(17,3)24(19)21(29)13-26(20,23)4/h15-20,22-24,28H,5-14H2,1-4H3/t15-,16+,17+,18-,19+,20-,22-,23+,24+,25+,26+,27+/m1/s1. The Morgan fingerprint density at radius 3 is 2.55 bits per heavy atom. The molecule has 4 nitrogen and oxygen atoms in total. The molecular weight excluding hydrogens is 388 g/mol. The Morgan fingerprint density at radius 2 is 1.81 bits per heavy atom. The quantitative estimate of drug-likeness (QED) is 0.589. The molecule has 0 aromatic carbocycles. The third kappa shape index (κ3) is 2.74. The molecule has 2 heterocycles. The number of hydrogen-bond donors (Lipinski definition) is 1. The van der Waals surface area contributed by atoms with Gasteiger partial charge in [-0.15, -0.1) is 0 Å². The van der Waals surface area contributed by atoms with Crippen molar-refractivity contribution in [2.24, 2.45) is 52.3 Å². The zero-order valence-corrected chi connectivity index (χ0v) is 19.9. The third-order valence-corrected chi connectivity index (χ3v) is 11.6. The summed E-state index contributed by atoms with van der Waals surface area (Å²) in [6.45, 7) is 10.2. The van der Waals surface area contributed by atoms with E-state index in [4.69, 9.17) is 9.47 Å². The average Bonchev–Trinajstić information content (AvgIpc) is 3.15. The van der Waals surface area contributed by atoms with Gasteiger partial charge in [0.25, 0.3) is 0 Å². The van der Waals surface area contributed by atoms with Crippen LogP contribution in [-0.4, -0.2) is 35.5 Å². The summed E-state index contributed by atoms with van der Waals surface area (Å²) in [5.41, 5.74) is 0.143. The van der Waals surface area contributed by atoms with Crippen molar-refractivity contribution < 1.29 is 19.4 Å². The van der Waals surface area contributed by atoms with Gasteiger partial charge in [-0.2, -0.15) is 0 Å². The second-order valence-electron chi connectivity index (χ2n) is 13.1. The van der Waals surface area contributed by atoms with Gasteiger partial charge in [-0.3, -0.25) is 4.79 Å². The summed E-state index contributed by atoms with van der Waals surface area (Å²) in [5, 5.41) is 10.3. The van der Waals surface area contributed by atoms with E-state index in [0.717, 1.165) is 51.6 Å². The van der Waals surface area contributed by atoms with Crippen molar-refractivity contribution in [2.75, 3.05) is 6.61 Å². The Balaban J connectivity index is 1.30. The summed E-state index contributed by atoms with van der Waals surface area (Å²) < 4.78 is 13.2. The molecule has 174 valence electrons. The van der Waals surface area contributed by atoms with Gasteiger partial charge in [0.2, 0.25) is 0 Å². The highest BCUT2D eigenvalue weighted by Gasteiger charge is 2.70. The van der Waals surface area contributed by atoms with Gasteiger partial charge in [0.15, 0.2) is 5.79 Å². The van der Waals surface area contributed by atoms with Crippen molar-refractivity contribution in [2.45, 2.75) is 103 Å². The molecule has 12 atom stereocenters. The number of hydrogen-bond acceptors (Lipinski definition) is 4. The first-order valence-corrected chi connectivity index (χ1v) is 13.2. The Labute approximate surface area is 187 Å². The minimum atomic E-state index is -0.404. The highest BCUT2D eigenvalue weighted by Crippen LogP contribution is 2.70. The van der Waals surface area contributed by atoms with Crippen LogP contribution in [0.3, 0.4) is 0 Å². The monoisotopic (exact) mass is 430 g/mol. The lowest BCUT2D eigenvalue weighted by Gasteiger charge is -2.60. The van der Waals surface area contributed by atoms with Crippen LogP contribution in [0.1, 0.15) is 85.5 Å². The highest BCUT2D eigenvalue weighted by molar-refractivity contribution is 5.84. The minimum Gasteiger partial charge on any atom is -0.393 e. The number of carbonyl (C=O) groups excluding carboxylic acids is 1. The lowest BCUT2D eigenvalue weighted by Crippen LogP contribution is -2.58. The van der Waals surface area contributed by atoms with E-state index in [2.05, 4.69) is 27.7 Å². The largest absolute Gasteiger partial charge is 0.393 e. The molecule has 4 aliphatic carbocycles. The van der Waals surface area contributed by atoms with Crippen molar-refractivity contribution >= 4 is 5.78 Å². The first-order chi connectivity index (χ1) is 14.7. The predicted octanol–water partition coefficient (Wildman–Crippen LogP) is 4.97. The number of Topliss-reactive ketones (excluding diaryl/α,β-unsaturated/α-hetero) is 1. The Bertz CT molecular complexity index is 756. The number of aliphatic hydroxyl groups is 1. The zero-order valence-electron chi connectivity index (χ0n) is 19.9. The van der Waals surface area contributed by atoms with Crippen LogP contribution in [0.4, 0.5) is 0 Å². The summed E-state index contributed by atoms with van der Waals surface area (Å²) in [5.74, 6) is 3.36. The highest BCUT2D eigenvalue weighted by atomic mass is 16.7. The summed E-state index contributed by atoms with van der Waals surface area (Å²) in [4.78, 5) is 13.9. The molecule has 0 radical (unpaired) electrons. The summed E-state index contributed by atoms with van der Waals surface area (Å²) in [6, 6.07) is 0. The number of ketones is 1. The molecule has 31 heavy (non-hydrogen) atoms. The molecule has 0 bridgehead atoms. The van der Waals surface area contributed by atoms with Gasteiger partial charge in [0.1, 0.15) is 5.78 Å². The van der Waals surface area contributed by atoms with Gasteiger partial charge >= 0.3 is 0 Å². The molecule has 6 fully saturated rings. The van der Waals surface area contributed by atoms with Crippen LogP contribution < -0.4 is 0 Å². The van der Waals surface area contributed by atoms with Crippen LogP contribution in [0.15, 0.2) is 0 Å². The summed E-state index contributed by atoms with van der Waals surface area (Å²) in [6.07, 6.45) is 9.26. The Hall–Kier alpha value is -0.450. The van der Waals surface area contributed by atoms with Crippen LogP contribution in [0.2, 0.25) is 0 Å². The fourth-order valence-corrected chi connectivity index (χ4v) is 10.1. The van der Waals surface area contributed by atoms with Crippen molar-refractivity contribution in [1.82, 2.24) is 0 Å². The number of aliphatic hydroxyl groups excluding tert-OH is 1. The molecule has 1 spiro atoms. The van der Waals surface area contributed by atoms with Crippen molar-refractivity contribution in [3.05, 3.63) is 0 Å². The lowest BCUT2D eigenvalue weighted by atomic mass is 9.44. The van der Waals surface area contributed by atoms with Gasteiger partial charge < -0.3 is 14.6 Å². The van der Waals surface area contributed by atoms with E-state index >= 15 is 0 Å². The van der Waals surface area contributed by atoms with E-state index < -0.39 is 5.79 Å². The van der Waals surface area contributed by atoms with Crippen LogP contribution in [0.5, 0.6) is 0 Å². The summed E-state index contributed by atoms with van der Waals surface area (Å²) >= 11 is 0. The lowest BCUT2D eigenvalue weighted by molar-refractivity contribution is -0.272. The number of fused-ring (bicyclic) bond motifs is 7. The first-order valence-electron chi connectivity index (χ1n) is 13.2. The van der Waals surface area contributed by atoms with E-state index in [9.17, 15) is 9.90 Å². The van der Waals surface area contributed by atoms with Crippen LogP contribution >= 0.6 is 0 Å². The molecule has 1 N–H and O–H groups in total. The van der Waals surface area contributed by atoms with E-state index in [-0.39, 0.29) is 29.0 Å². The van der Waals surface area contributed by atoms with Crippen LogP contribution in [-0.2, 0) is 14.3 Å². The zero-order chi connectivity index (χ0) is 21.8. The second kappa shape index (κ2) is 6.79. The molecule has 6 rings (SSSR count). The molecule has 6 aliphatic rings. The van der Waals surface area contributed by atoms with Gasteiger partial charge in [-0.1, -0.05) is 27.7 Å². The molecule has 2 aliphatic heterocycles. The summed E-state index contributed by atoms with van der Waals surface area (Å²) in [7, 11) is 0. The molecule has 2 saturated heterocycles. The van der Waals surface area contributed by atoms with Crippen LogP contribution in [0, 0.1) is 52.3 Å². The van der Waals surface area contributed by atoms with Gasteiger partial charge in [-0.05, 0) is 85.4 Å². The molecule has 4 saturated carbocycles. The van der Waals surface area contributed by atoms with Gasteiger partial charge in [0, 0.05) is 24.7 Å². The van der Waals surface area contributed by atoms with E-state index in [1.165, 1.54) is 12.8 Å². The molecule has 0 aromatic heterocycles. The third-order valence-electron chi connectivity index (χ3n) is 11.6. The smallest absolute Gasteiger partial charge is 0.171 e. The Morgan fingerprint density at radius 1 is 1.00 bits per heavy atom. The van der Waals surface area contributed by atoms with Gasteiger partial charge in [-0.25, -0.2) is 0 Å². The second-order valence-corrected chi connectivity index (χ2v) is 13.1. The van der Waals surface area contributed by atoms with E-state index in [1.54, 1.807) is 0 Å². The van der Waals surface area contributed by atoms with Crippen molar-refractivity contribution in [3.63, 3.8) is 0 Å². The van der Waals surface area contributed by atoms with E-state index in [1.807, 2.05) is 0 Å². The normalized spacial score (nSPS) is 60.9. The number of carbonyl (C=O) groups is 1. The Kier molecular flexibility index (Phi) is 4.62. The molecular formula is C27H42O4. The SMILES string of the molecule is C[C@@H]1CC[C@]2(OC1)O[C@@H]1C[C@@H]3[C@@H]4CC[C@H]5C[C@H](O)CC[C@]5(C)[C@@H]4C(=O)C[C@]3(C)[C@H]1[C@@H]2C. The molecule has 0 aromatic rings. The number of rotatable bonds is 0. The maximum absolute atomic E-state index is 13.9. The maximum atomic E-state index is 13.9. The maximum Gasteiger partial charge on any atom is 0.171 e. The molecule has 4 heteroatoms. The first kappa shape index (κ1) is 21.1. The van der Waals surface area contributed by atoms with Crippen molar-refractivity contribution in [3.8, 4) is 0 Å². The average molecular weight is 431 g/mol. The molecule has 0 unspecified atom stereocenters. The predicted molar refractivity (Wildman–Crippen MR) is 118 cm³/mol. The fraction of sp³-hybridized carbons (Fsp3) is 0.963. The van der Waals surface area contributed by atoms with E-state index in [0.29, 0.717) is 41.3 Å². The van der Waals surface area contributed by atoms with Crippen molar-refractivity contribution in [1.29, 1.82) is 0 Å². The topological polar surface area (TPSA) is 55.8 Å². The minimum absolute atomic E-state index is 0.0512. The number of ether oxygens (including phenoxy) is 2. The van der Waals surface area contributed by atoms with Gasteiger partial charge in [0.05, 0.1) is 18.8 Å². The molecule has 0 amide bonds. The van der Waals surface area contributed by atoms with Crippen LogP contribution in [0.25, 0.3) is 0 Å².